The van der Waals surface area contributed by atoms with Crippen LogP contribution in [0.1, 0.15) is 30.1 Å². The van der Waals surface area contributed by atoms with Gasteiger partial charge in [0.05, 0.1) is 37.4 Å². The summed E-state index contributed by atoms with van der Waals surface area (Å²) in [4.78, 5) is 19.9. The Balaban J connectivity index is 1.36. The van der Waals surface area contributed by atoms with Gasteiger partial charge in [0.2, 0.25) is 0 Å². The molecule has 0 spiro atoms. The molecule has 31 heavy (non-hydrogen) atoms. The lowest BCUT2D eigenvalue weighted by Gasteiger charge is -2.26. The molecule has 0 saturated carbocycles. The van der Waals surface area contributed by atoms with Crippen molar-refractivity contribution in [2.24, 2.45) is 0 Å². The van der Waals surface area contributed by atoms with Gasteiger partial charge >= 0.3 is 0 Å². The average molecular weight is 420 g/mol. The summed E-state index contributed by atoms with van der Waals surface area (Å²) in [6.07, 6.45) is 10.6. The van der Waals surface area contributed by atoms with Gasteiger partial charge in [-0.2, -0.15) is 0 Å². The molecule has 1 aromatic carbocycles. The molecule has 1 N–H and O–H groups in total. The Kier molecular flexibility index (Phi) is 5.49. The number of hydrogen-bond donors (Lipinski definition) is 1. The van der Waals surface area contributed by atoms with E-state index in [1.165, 1.54) is 0 Å². The van der Waals surface area contributed by atoms with E-state index in [-0.39, 0.29) is 6.04 Å². The van der Waals surface area contributed by atoms with E-state index in [0.29, 0.717) is 24.8 Å². The highest BCUT2D eigenvalue weighted by atomic mass is 16.6. The lowest BCUT2D eigenvalue weighted by molar-refractivity contribution is 0.169. The Morgan fingerprint density at radius 2 is 1.90 bits per heavy atom. The molecule has 5 rings (SSSR count). The molecule has 0 amide bonds. The lowest BCUT2D eigenvalue weighted by atomic mass is 10.1. The van der Waals surface area contributed by atoms with Crippen LogP contribution >= 0.6 is 0 Å². The molecule has 0 radical (unpaired) electrons. The van der Waals surface area contributed by atoms with Crippen LogP contribution in [0.15, 0.2) is 43.1 Å². The number of anilines is 2. The second kappa shape index (κ2) is 8.73. The largest absolute Gasteiger partial charge is 0.496 e. The van der Waals surface area contributed by atoms with Crippen LogP contribution in [0, 0.1) is 0 Å². The summed E-state index contributed by atoms with van der Waals surface area (Å²) in [5.41, 5.74) is 2.00. The molecule has 2 aliphatic rings. The van der Waals surface area contributed by atoms with E-state index in [9.17, 15) is 0 Å². The number of nitrogens with one attached hydrogen (secondary N) is 1. The van der Waals surface area contributed by atoms with Gasteiger partial charge in [-0.05, 0) is 25.5 Å². The number of benzene rings is 1. The standard InChI is InChI=1S/C22H24N6O3/c1-29-18-10-20-19(30-7-8-31-20)9-15(18)14-28-6-2-3-17(28)16-11-24-13-22(26-16)27-21-12-23-4-5-25-21/h4-5,9-13,17H,2-3,6-8,14H2,1H3,(H,25,26,27). The predicted molar refractivity (Wildman–Crippen MR) is 114 cm³/mol. The second-order valence-corrected chi connectivity index (χ2v) is 7.48. The highest BCUT2D eigenvalue weighted by Gasteiger charge is 2.29. The molecule has 1 unspecified atom stereocenters. The lowest BCUT2D eigenvalue weighted by Crippen LogP contribution is -2.24. The predicted octanol–water partition coefficient (Wildman–Crippen LogP) is 3.13. The molecule has 1 fully saturated rings. The van der Waals surface area contributed by atoms with Crippen molar-refractivity contribution in [3.05, 3.63) is 54.4 Å². The first-order valence-electron chi connectivity index (χ1n) is 10.4. The molecule has 0 aliphatic carbocycles. The van der Waals surface area contributed by atoms with Gasteiger partial charge in [-0.1, -0.05) is 0 Å². The minimum atomic E-state index is 0.175. The number of rotatable bonds is 6. The Morgan fingerprint density at radius 3 is 2.71 bits per heavy atom. The van der Waals surface area contributed by atoms with E-state index in [2.05, 4.69) is 25.2 Å². The quantitative estimate of drug-likeness (QED) is 0.645. The molecule has 2 aromatic heterocycles. The van der Waals surface area contributed by atoms with E-state index in [1.807, 2.05) is 18.3 Å². The van der Waals surface area contributed by atoms with Crippen molar-refractivity contribution in [3.63, 3.8) is 0 Å². The molecule has 9 heteroatoms. The summed E-state index contributed by atoms with van der Waals surface area (Å²) >= 11 is 0. The summed E-state index contributed by atoms with van der Waals surface area (Å²) < 4.78 is 17.1. The van der Waals surface area contributed by atoms with Crippen molar-refractivity contribution in [3.8, 4) is 17.2 Å². The SMILES string of the molecule is COc1cc2c(cc1CN1CCCC1c1cncc(Nc3cnccn3)n1)OCCO2. The van der Waals surface area contributed by atoms with Gasteiger partial charge in [0, 0.05) is 30.6 Å². The second-order valence-electron chi connectivity index (χ2n) is 7.48. The summed E-state index contributed by atoms with van der Waals surface area (Å²) in [6.45, 7) is 2.83. The smallest absolute Gasteiger partial charge is 0.165 e. The molecule has 4 heterocycles. The fraction of sp³-hybridized carbons (Fsp3) is 0.364. The van der Waals surface area contributed by atoms with Crippen LogP contribution in [-0.4, -0.2) is 51.7 Å². The van der Waals surface area contributed by atoms with Gasteiger partial charge in [0.1, 0.15) is 30.6 Å². The summed E-state index contributed by atoms with van der Waals surface area (Å²) in [7, 11) is 1.68. The number of hydrogen-bond acceptors (Lipinski definition) is 9. The van der Waals surface area contributed by atoms with E-state index in [4.69, 9.17) is 19.2 Å². The Labute approximate surface area is 180 Å². The maximum atomic E-state index is 5.77. The third kappa shape index (κ3) is 4.22. The van der Waals surface area contributed by atoms with Crippen LogP contribution in [-0.2, 0) is 6.54 Å². The fourth-order valence-electron chi connectivity index (χ4n) is 4.09. The van der Waals surface area contributed by atoms with Crippen LogP contribution in [0.25, 0.3) is 0 Å². The van der Waals surface area contributed by atoms with Crippen molar-refractivity contribution in [1.29, 1.82) is 0 Å². The van der Waals surface area contributed by atoms with Gasteiger partial charge in [0.15, 0.2) is 11.5 Å². The van der Waals surface area contributed by atoms with E-state index < -0.39 is 0 Å². The summed E-state index contributed by atoms with van der Waals surface area (Å²) in [5, 5.41) is 3.17. The monoisotopic (exact) mass is 420 g/mol. The summed E-state index contributed by atoms with van der Waals surface area (Å²) in [6, 6.07) is 4.12. The van der Waals surface area contributed by atoms with Gasteiger partial charge in [-0.25, -0.2) is 9.97 Å². The third-order valence-corrected chi connectivity index (χ3v) is 5.50. The Morgan fingerprint density at radius 1 is 1.06 bits per heavy atom. The van der Waals surface area contributed by atoms with Crippen LogP contribution in [0.4, 0.5) is 11.6 Å². The average Bonchev–Trinajstić information content (AvgIpc) is 3.27. The van der Waals surface area contributed by atoms with Crippen LogP contribution < -0.4 is 19.5 Å². The molecule has 9 nitrogen and oxygen atoms in total. The number of ether oxygens (including phenoxy) is 3. The first-order chi connectivity index (χ1) is 15.3. The highest BCUT2D eigenvalue weighted by molar-refractivity contribution is 5.51. The number of aromatic nitrogens is 4. The normalized spacial score (nSPS) is 18.0. The molecule has 0 bridgehead atoms. The number of fused-ring (bicyclic) bond motifs is 1. The van der Waals surface area contributed by atoms with Crippen molar-refractivity contribution in [1.82, 2.24) is 24.8 Å². The molecule has 1 saturated heterocycles. The van der Waals surface area contributed by atoms with Crippen molar-refractivity contribution in [2.45, 2.75) is 25.4 Å². The number of likely N-dealkylation sites (tertiary alicyclic amines) is 1. The fourth-order valence-corrected chi connectivity index (χ4v) is 4.09. The minimum absolute atomic E-state index is 0.175. The molecular formula is C22H24N6O3. The number of nitrogens with zero attached hydrogens (tertiary/aromatic N) is 5. The van der Waals surface area contributed by atoms with Crippen molar-refractivity contribution < 1.29 is 14.2 Å². The molecule has 1 atom stereocenters. The molecule has 2 aliphatic heterocycles. The van der Waals surface area contributed by atoms with E-state index >= 15 is 0 Å². The van der Waals surface area contributed by atoms with Crippen molar-refractivity contribution in [2.75, 3.05) is 32.2 Å². The zero-order chi connectivity index (χ0) is 21.0. The Bertz CT molecular complexity index is 1050. The number of methoxy groups -OCH3 is 1. The zero-order valence-electron chi connectivity index (χ0n) is 17.3. The molecule has 160 valence electrons. The van der Waals surface area contributed by atoms with Crippen molar-refractivity contribution >= 4 is 11.6 Å². The van der Waals surface area contributed by atoms with Crippen LogP contribution in [0.3, 0.4) is 0 Å². The highest BCUT2D eigenvalue weighted by Crippen LogP contribution is 2.39. The van der Waals surface area contributed by atoms with Gasteiger partial charge in [-0.15, -0.1) is 0 Å². The molecule has 3 aromatic rings. The molecular weight excluding hydrogens is 396 g/mol. The Hall–Kier alpha value is -3.46. The first kappa shape index (κ1) is 19.5. The zero-order valence-corrected chi connectivity index (χ0v) is 17.3. The maximum absolute atomic E-state index is 5.77. The third-order valence-electron chi connectivity index (χ3n) is 5.50. The van der Waals surface area contributed by atoms with E-state index in [0.717, 1.165) is 54.4 Å². The topological polar surface area (TPSA) is 94.5 Å². The van der Waals surface area contributed by atoms with Crippen LogP contribution in [0.2, 0.25) is 0 Å². The van der Waals surface area contributed by atoms with Gasteiger partial charge in [-0.3, -0.25) is 14.9 Å². The summed E-state index contributed by atoms with van der Waals surface area (Å²) in [5.74, 6) is 3.60. The van der Waals surface area contributed by atoms with Crippen LogP contribution in [0.5, 0.6) is 17.2 Å². The maximum Gasteiger partial charge on any atom is 0.165 e. The van der Waals surface area contributed by atoms with Gasteiger partial charge < -0.3 is 19.5 Å². The van der Waals surface area contributed by atoms with Gasteiger partial charge in [0.25, 0.3) is 0 Å². The first-order valence-corrected chi connectivity index (χ1v) is 10.4. The minimum Gasteiger partial charge on any atom is -0.496 e. The van der Waals surface area contributed by atoms with E-state index in [1.54, 1.807) is 31.9 Å².